The number of fused-ring (bicyclic) bond motifs is 1. The quantitative estimate of drug-likeness (QED) is 0.746. The Bertz CT molecular complexity index is 714. The van der Waals surface area contributed by atoms with Crippen LogP contribution in [0.15, 0.2) is 41.2 Å². The van der Waals surface area contributed by atoms with Crippen molar-refractivity contribution < 1.29 is 9.32 Å². The third-order valence-corrected chi connectivity index (χ3v) is 2.68. The van der Waals surface area contributed by atoms with E-state index in [4.69, 9.17) is 10.3 Å². The highest BCUT2D eigenvalue weighted by atomic mass is 16.5. The molecule has 0 aliphatic heterocycles. The highest BCUT2D eigenvalue weighted by Crippen LogP contribution is 2.18. The first-order chi connectivity index (χ1) is 8.74. The number of nitrogens with zero attached hydrogens (tertiary/aromatic N) is 3. The Morgan fingerprint density at radius 2 is 2.22 bits per heavy atom. The number of carbonyl (C=O) groups is 1. The molecule has 0 bridgehead atoms. The largest absolute Gasteiger partial charge is 0.366 e. The minimum Gasteiger partial charge on any atom is -0.366 e. The fourth-order valence-corrected chi connectivity index (χ4v) is 1.78. The van der Waals surface area contributed by atoms with Crippen LogP contribution in [0.2, 0.25) is 0 Å². The molecular weight excluding hydrogens is 232 g/mol. The van der Waals surface area contributed by atoms with Gasteiger partial charge in [-0.2, -0.15) is 5.10 Å². The van der Waals surface area contributed by atoms with Gasteiger partial charge in [0.05, 0.1) is 18.3 Å². The van der Waals surface area contributed by atoms with E-state index in [1.54, 1.807) is 10.9 Å². The highest BCUT2D eigenvalue weighted by molar-refractivity contribution is 5.92. The maximum atomic E-state index is 11.0. The average molecular weight is 242 g/mol. The summed E-state index contributed by atoms with van der Waals surface area (Å²) in [5.41, 5.74) is 7.04. The number of amides is 1. The summed E-state index contributed by atoms with van der Waals surface area (Å²) in [5, 5.41) is 8.98. The van der Waals surface area contributed by atoms with Gasteiger partial charge in [0.1, 0.15) is 5.69 Å². The van der Waals surface area contributed by atoms with Gasteiger partial charge in [-0.1, -0.05) is 17.3 Å². The monoisotopic (exact) mass is 242 g/mol. The summed E-state index contributed by atoms with van der Waals surface area (Å²) >= 11 is 0. The molecule has 0 fully saturated rings. The minimum absolute atomic E-state index is 0.378. The van der Waals surface area contributed by atoms with E-state index in [-0.39, 0.29) is 0 Å². The molecule has 18 heavy (non-hydrogen) atoms. The number of rotatable bonds is 3. The standard InChI is InChI=1S/C12H10N4O2/c13-12(17)8-5-14-16(6-8)7-10-9-3-1-2-4-11(9)18-15-10/h1-6H,7H2,(H2,13,17). The summed E-state index contributed by atoms with van der Waals surface area (Å²) in [5.74, 6) is -0.494. The first kappa shape index (κ1) is 10.5. The van der Waals surface area contributed by atoms with Crippen molar-refractivity contribution in [1.82, 2.24) is 14.9 Å². The van der Waals surface area contributed by atoms with Crippen molar-refractivity contribution in [2.24, 2.45) is 5.73 Å². The number of benzene rings is 1. The summed E-state index contributed by atoms with van der Waals surface area (Å²) in [6.07, 6.45) is 3.02. The first-order valence-electron chi connectivity index (χ1n) is 5.39. The molecule has 0 unspecified atom stereocenters. The highest BCUT2D eigenvalue weighted by Gasteiger charge is 2.10. The zero-order chi connectivity index (χ0) is 12.5. The number of hydrogen-bond acceptors (Lipinski definition) is 4. The van der Waals surface area contributed by atoms with Crippen LogP contribution in [0.1, 0.15) is 16.1 Å². The number of para-hydroxylation sites is 1. The van der Waals surface area contributed by atoms with E-state index in [9.17, 15) is 4.79 Å². The van der Waals surface area contributed by atoms with Gasteiger partial charge in [0.25, 0.3) is 5.91 Å². The number of hydrogen-bond donors (Lipinski definition) is 1. The maximum absolute atomic E-state index is 11.0. The molecule has 0 saturated carbocycles. The second-order valence-corrected chi connectivity index (χ2v) is 3.92. The van der Waals surface area contributed by atoms with Crippen molar-refractivity contribution in [2.45, 2.75) is 6.54 Å². The zero-order valence-corrected chi connectivity index (χ0v) is 9.41. The molecule has 0 spiro atoms. The Hall–Kier alpha value is -2.63. The average Bonchev–Trinajstić information content (AvgIpc) is 2.98. The Kier molecular flexibility index (Phi) is 2.33. The molecule has 1 aromatic carbocycles. The van der Waals surface area contributed by atoms with Gasteiger partial charge in [0.15, 0.2) is 5.58 Å². The summed E-state index contributed by atoms with van der Waals surface area (Å²) in [7, 11) is 0. The number of nitrogens with two attached hydrogens (primary N) is 1. The van der Waals surface area contributed by atoms with Gasteiger partial charge in [-0.3, -0.25) is 9.48 Å². The lowest BCUT2D eigenvalue weighted by Gasteiger charge is -1.96. The van der Waals surface area contributed by atoms with Gasteiger partial charge in [0.2, 0.25) is 0 Å². The van der Waals surface area contributed by atoms with Gasteiger partial charge in [-0.05, 0) is 12.1 Å². The fourth-order valence-electron chi connectivity index (χ4n) is 1.78. The van der Waals surface area contributed by atoms with Crippen LogP contribution in [-0.4, -0.2) is 20.8 Å². The van der Waals surface area contributed by atoms with Crippen LogP contribution in [0.5, 0.6) is 0 Å². The van der Waals surface area contributed by atoms with E-state index in [0.717, 1.165) is 16.7 Å². The molecule has 0 saturated heterocycles. The van der Waals surface area contributed by atoms with Crippen LogP contribution in [0, 0.1) is 0 Å². The molecule has 90 valence electrons. The van der Waals surface area contributed by atoms with Crippen molar-refractivity contribution >= 4 is 16.9 Å². The van der Waals surface area contributed by atoms with Crippen LogP contribution in [-0.2, 0) is 6.54 Å². The van der Waals surface area contributed by atoms with Crippen LogP contribution in [0.25, 0.3) is 11.0 Å². The third kappa shape index (κ3) is 1.73. The van der Waals surface area contributed by atoms with Crippen LogP contribution in [0.4, 0.5) is 0 Å². The number of primary amides is 1. The van der Waals surface area contributed by atoms with Crippen LogP contribution < -0.4 is 5.73 Å². The predicted octanol–water partition coefficient (Wildman–Crippen LogP) is 1.17. The van der Waals surface area contributed by atoms with Gasteiger partial charge in [-0.15, -0.1) is 0 Å². The van der Waals surface area contributed by atoms with Crippen LogP contribution >= 0.6 is 0 Å². The van der Waals surface area contributed by atoms with Gasteiger partial charge in [0, 0.05) is 11.6 Å². The van der Waals surface area contributed by atoms with Gasteiger partial charge in [-0.25, -0.2) is 0 Å². The molecule has 6 heteroatoms. The molecule has 0 atom stereocenters. The first-order valence-corrected chi connectivity index (χ1v) is 5.39. The van der Waals surface area contributed by atoms with Crippen molar-refractivity contribution in [3.8, 4) is 0 Å². The van der Waals surface area contributed by atoms with E-state index < -0.39 is 5.91 Å². The lowest BCUT2D eigenvalue weighted by atomic mass is 10.2. The minimum atomic E-state index is -0.494. The topological polar surface area (TPSA) is 86.9 Å². The van der Waals surface area contributed by atoms with E-state index in [1.165, 1.54) is 6.20 Å². The normalized spacial score (nSPS) is 10.9. The molecular formula is C12H10N4O2. The van der Waals surface area contributed by atoms with Crippen LogP contribution in [0.3, 0.4) is 0 Å². The molecule has 2 heterocycles. The van der Waals surface area contributed by atoms with Crippen molar-refractivity contribution in [3.05, 3.63) is 47.9 Å². The Labute approximate surface area is 102 Å². The summed E-state index contributed by atoms with van der Waals surface area (Å²) in [4.78, 5) is 11.0. The molecule has 1 amide bonds. The maximum Gasteiger partial charge on any atom is 0.251 e. The van der Waals surface area contributed by atoms with E-state index in [2.05, 4.69) is 10.3 Å². The zero-order valence-electron chi connectivity index (χ0n) is 9.41. The van der Waals surface area contributed by atoms with Crippen molar-refractivity contribution in [3.63, 3.8) is 0 Å². The van der Waals surface area contributed by atoms with Gasteiger partial charge < -0.3 is 10.3 Å². The Morgan fingerprint density at radius 3 is 3.00 bits per heavy atom. The molecule has 3 rings (SSSR count). The second-order valence-electron chi connectivity index (χ2n) is 3.92. The SMILES string of the molecule is NC(=O)c1cnn(Cc2noc3ccccc23)c1. The molecule has 0 aliphatic rings. The number of carbonyl (C=O) groups excluding carboxylic acids is 1. The second kappa shape index (κ2) is 3.99. The lowest BCUT2D eigenvalue weighted by molar-refractivity contribution is 0.1000. The molecule has 0 radical (unpaired) electrons. The van der Waals surface area contributed by atoms with Gasteiger partial charge >= 0.3 is 0 Å². The number of aromatic nitrogens is 3. The Balaban J connectivity index is 1.93. The van der Waals surface area contributed by atoms with E-state index >= 15 is 0 Å². The predicted molar refractivity (Wildman–Crippen MR) is 63.9 cm³/mol. The molecule has 3 aromatic rings. The molecule has 2 aromatic heterocycles. The Morgan fingerprint density at radius 1 is 1.39 bits per heavy atom. The summed E-state index contributed by atoms with van der Waals surface area (Å²) < 4.78 is 6.79. The van der Waals surface area contributed by atoms with E-state index in [1.807, 2.05) is 24.3 Å². The molecule has 2 N–H and O–H groups in total. The molecule has 6 nitrogen and oxygen atoms in total. The molecule has 0 aliphatic carbocycles. The third-order valence-electron chi connectivity index (χ3n) is 2.68. The van der Waals surface area contributed by atoms with Crippen molar-refractivity contribution in [2.75, 3.05) is 0 Å². The smallest absolute Gasteiger partial charge is 0.251 e. The van der Waals surface area contributed by atoms with Crippen molar-refractivity contribution in [1.29, 1.82) is 0 Å². The lowest BCUT2D eigenvalue weighted by Crippen LogP contribution is -2.09. The summed E-state index contributed by atoms with van der Waals surface area (Å²) in [6, 6.07) is 7.58. The van der Waals surface area contributed by atoms with E-state index in [0.29, 0.717) is 12.1 Å². The fraction of sp³-hybridized carbons (Fsp3) is 0.0833. The summed E-state index contributed by atoms with van der Waals surface area (Å²) in [6.45, 7) is 0.435.